The average molecular weight is 283 g/mol. The van der Waals surface area contributed by atoms with Crippen LogP contribution >= 0.6 is 15.9 Å². The van der Waals surface area contributed by atoms with Gasteiger partial charge in [0, 0.05) is 11.9 Å². The molecule has 0 bridgehead atoms. The Morgan fingerprint density at radius 1 is 1.19 bits per heavy atom. The van der Waals surface area contributed by atoms with Gasteiger partial charge >= 0.3 is 5.69 Å². The van der Waals surface area contributed by atoms with Gasteiger partial charge in [0.05, 0.1) is 11.0 Å². The first-order chi connectivity index (χ1) is 7.83. The van der Waals surface area contributed by atoms with Gasteiger partial charge in [-0.2, -0.15) is 0 Å². The Bertz CT molecular complexity index is 515. The number of nitrogens with zero attached hydrogens (tertiary/aromatic N) is 1. The second kappa shape index (κ2) is 5.34. The number of nitrogens with one attached hydrogen (secondary N) is 1. The molecule has 0 aliphatic carbocycles. The summed E-state index contributed by atoms with van der Waals surface area (Å²) in [6, 6.07) is 7.82. The highest BCUT2D eigenvalue weighted by molar-refractivity contribution is 9.09. The van der Waals surface area contributed by atoms with Crippen molar-refractivity contribution in [1.82, 2.24) is 9.55 Å². The summed E-state index contributed by atoms with van der Waals surface area (Å²) >= 11 is 3.41. The van der Waals surface area contributed by atoms with E-state index in [1.54, 1.807) is 0 Å². The van der Waals surface area contributed by atoms with Crippen molar-refractivity contribution in [3.05, 3.63) is 34.7 Å². The molecule has 0 amide bonds. The molecule has 0 unspecified atom stereocenters. The number of aromatic amines is 1. The van der Waals surface area contributed by atoms with Crippen LogP contribution in [-0.4, -0.2) is 14.9 Å². The highest BCUT2D eigenvalue weighted by Crippen LogP contribution is 2.10. The molecule has 4 heteroatoms. The quantitative estimate of drug-likeness (QED) is 0.665. The maximum absolute atomic E-state index is 11.7. The molecule has 0 radical (unpaired) electrons. The van der Waals surface area contributed by atoms with Gasteiger partial charge in [0.15, 0.2) is 0 Å². The summed E-state index contributed by atoms with van der Waals surface area (Å²) in [5, 5.41) is 1.04. The number of halogens is 1. The molecular weight excluding hydrogens is 268 g/mol. The Morgan fingerprint density at radius 3 is 2.81 bits per heavy atom. The van der Waals surface area contributed by atoms with E-state index in [9.17, 15) is 4.79 Å². The monoisotopic (exact) mass is 282 g/mol. The van der Waals surface area contributed by atoms with Gasteiger partial charge in [-0.3, -0.25) is 4.57 Å². The number of unbranched alkanes of at least 4 members (excludes halogenated alkanes) is 2. The first kappa shape index (κ1) is 11.5. The summed E-state index contributed by atoms with van der Waals surface area (Å²) in [6.07, 6.45) is 3.36. The van der Waals surface area contributed by atoms with Gasteiger partial charge in [-0.15, -0.1) is 0 Å². The van der Waals surface area contributed by atoms with Crippen molar-refractivity contribution >= 4 is 27.0 Å². The van der Waals surface area contributed by atoms with E-state index in [1.807, 2.05) is 28.8 Å². The number of aryl methyl sites for hydroxylation is 1. The lowest BCUT2D eigenvalue weighted by Crippen LogP contribution is -2.16. The number of rotatable bonds is 5. The topological polar surface area (TPSA) is 37.8 Å². The molecule has 1 heterocycles. The standard InChI is InChI=1S/C12H15BrN2O/c13-8-4-1-5-9-15-11-7-3-2-6-10(11)14-12(15)16/h2-3,6-7H,1,4-5,8-9H2,(H,14,16). The van der Waals surface area contributed by atoms with Crippen molar-refractivity contribution in [2.75, 3.05) is 5.33 Å². The van der Waals surface area contributed by atoms with Crippen LogP contribution < -0.4 is 5.69 Å². The minimum Gasteiger partial charge on any atom is -0.306 e. The molecule has 86 valence electrons. The van der Waals surface area contributed by atoms with Crippen LogP contribution in [0.5, 0.6) is 0 Å². The number of imidazole rings is 1. The zero-order valence-electron chi connectivity index (χ0n) is 9.08. The van der Waals surface area contributed by atoms with Crippen molar-refractivity contribution in [2.45, 2.75) is 25.8 Å². The van der Waals surface area contributed by atoms with Crippen LogP contribution in [0.25, 0.3) is 11.0 Å². The maximum Gasteiger partial charge on any atom is 0.326 e. The van der Waals surface area contributed by atoms with Crippen LogP contribution in [0, 0.1) is 0 Å². The van der Waals surface area contributed by atoms with E-state index in [-0.39, 0.29) is 5.69 Å². The average Bonchev–Trinajstić information content (AvgIpc) is 2.61. The lowest BCUT2D eigenvalue weighted by molar-refractivity contribution is 0.603. The first-order valence-corrected chi connectivity index (χ1v) is 6.68. The lowest BCUT2D eigenvalue weighted by atomic mass is 10.2. The van der Waals surface area contributed by atoms with Crippen molar-refractivity contribution in [2.24, 2.45) is 0 Å². The summed E-state index contributed by atoms with van der Waals surface area (Å²) < 4.78 is 1.82. The van der Waals surface area contributed by atoms with Gasteiger partial charge in [-0.25, -0.2) is 4.79 Å². The Kier molecular flexibility index (Phi) is 3.83. The van der Waals surface area contributed by atoms with Gasteiger partial charge in [0.1, 0.15) is 0 Å². The number of alkyl halides is 1. The zero-order chi connectivity index (χ0) is 11.4. The van der Waals surface area contributed by atoms with Gasteiger partial charge in [0.2, 0.25) is 0 Å². The van der Waals surface area contributed by atoms with E-state index in [0.29, 0.717) is 0 Å². The Labute approximate surface area is 103 Å². The molecule has 2 rings (SSSR count). The van der Waals surface area contributed by atoms with Crippen LogP contribution in [-0.2, 0) is 6.54 Å². The van der Waals surface area contributed by atoms with E-state index >= 15 is 0 Å². The molecule has 2 aromatic rings. The fraction of sp³-hybridized carbons (Fsp3) is 0.417. The van der Waals surface area contributed by atoms with Gasteiger partial charge in [-0.1, -0.05) is 34.5 Å². The Morgan fingerprint density at radius 2 is 2.00 bits per heavy atom. The number of para-hydroxylation sites is 2. The predicted octanol–water partition coefficient (Wildman–Crippen LogP) is 2.89. The van der Waals surface area contributed by atoms with Gasteiger partial charge < -0.3 is 4.98 Å². The Balaban J connectivity index is 2.16. The van der Waals surface area contributed by atoms with Crippen molar-refractivity contribution in [3.8, 4) is 0 Å². The van der Waals surface area contributed by atoms with E-state index in [0.717, 1.165) is 42.2 Å². The zero-order valence-corrected chi connectivity index (χ0v) is 10.7. The van der Waals surface area contributed by atoms with Gasteiger partial charge in [-0.05, 0) is 25.0 Å². The van der Waals surface area contributed by atoms with Crippen LogP contribution in [0.1, 0.15) is 19.3 Å². The summed E-state index contributed by atoms with van der Waals surface area (Å²) in [5.41, 5.74) is 1.93. The maximum atomic E-state index is 11.7. The minimum absolute atomic E-state index is 0.0000391. The number of aromatic nitrogens is 2. The second-order valence-corrected chi connectivity index (χ2v) is 4.64. The molecule has 0 aliphatic rings. The molecule has 0 fully saturated rings. The van der Waals surface area contributed by atoms with E-state index in [4.69, 9.17) is 0 Å². The lowest BCUT2D eigenvalue weighted by Gasteiger charge is -2.02. The third-order valence-electron chi connectivity index (χ3n) is 2.70. The third kappa shape index (κ3) is 2.38. The number of benzene rings is 1. The molecule has 0 aliphatic heterocycles. The Hall–Kier alpha value is -1.03. The van der Waals surface area contributed by atoms with Gasteiger partial charge in [0.25, 0.3) is 0 Å². The second-order valence-electron chi connectivity index (χ2n) is 3.85. The molecule has 1 aromatic carbocycles. The molecule has 0 spiro atoms. The number of fused-ring (bicyclic) bond motifs is 1. The fourth-order valence-electron chi connectivity index (χ4n) is 1.87. The number of hydrogen-bond acceptors (Lipinski definition) is 1. The molecule has 16 heavy (non-hydrogen) atoms. The third-order valence-corrected chi connectivity index (χ3v) is 3.26. The van der Waals surface area contributed by atoms with Crippen molar-refractivity contribution in [3.63, 3.8) is 0 Å². The fourth-order valence-corrected chi connectivity index (χ4v) is 2.27. The van der Waals surface area contributed by atoms with Crippen LogP contribution in [0.3, 0.4) is 0 Å². The summed E-state index contributed by atoms with van der Waals surface area (Å²) in [7, 11) is 0. The molecule has 0 atom stereocenters. The molecular formula is C12H15BrN2O. The SMILES string of the molecule is O=c1[nH]c2ccccc2n1CCCCCBr. The highest BCUT2D eigenvalue weighted by atomic mass is 79.9. The largest absolute Gasteiger partial charge is 0.326 e. The highest BCUT2D eigenvalue weighted by Gasteiger charge is 2.04. The molecule has 1 aromatic heterocycles. The summed E-state index contributed by atoms with van der Waals surface area (Å²) in [6.45, 7) is 0.801. The predicted molar refractivity (Wildman–Crippen MR) is 70.2 cm³/mol. The summed E-state index contributed by atoms with van der Waals surface area (Å²) in [5.74, 6) is 0. The summed E-state index contributed by atoms with van der Waals surface area (Å²) in [4.78, 5) is 14.6. The van der Waals surface area contributed by atoms with Crippen LogP contribution in [0.15, 0.2) is 29.1 Å². The van der Waals surface area contributed by atoms with E-state index < -0.39 is 0 Å². The molecule has 0 saturated carbocycles. The molecule has 0 saturated heterocycles. The first-order valence-electron chi connectivity index (χ1n) is 5.56. The van der Waals surface area contributed by atoms with E-state index in [2.05, 4.69) is 20.9 Å². The minimum atomic E-state index is 0.0000391. The molecule has 3 nitrogen and oxygen atoms in total. The van der Waals surface area contributed by atoms with Crippen LogP contribution in [0.2, 0.25) is 0 Å². The number of hydrogen-bond donors (Lipinski definition) is 1. The molecule has 1 N–H and O–H groups in total. The van der Waals surface area contributed by atoms with E-state index in [1.165, 1.54) is 0 Å². The van der Waals surface area contributed by atoms with Crippen LogP contribution in [0.4, 0.5) is 0 Å². The van der Waals surface area contributed by atoms with Crippen molar-refractivity contribution in [1.29, 1.82) is 0 Å². The smallest absolute Gasteiger partial charge is 0.306 e. The number of H-pyrrole nitrogens is 1. The normalized spacial score (nSPS) is 11.1. The van der Waals surface area contributed by atoms with Crippen molar-refractivity contribution < 1.29 is 0 Å².